The molecule has 4 N–H and O–H groups in total. The van der Waals surface area contributed by atoms with Gasteiger partial charge in [0, 0.05) is 59.9 Å². The molecule has 2 fully saturated rings. The predicted octanol–water partition coefficient (Wildman–Crippen LogP) is 9.77. The third kappa shape index (κ3) is 11.8. The molecule has 0 unspecified atom stereocenters. The van der Waals surface area contributed by atoms with E-state index in [2.05, 4.69) is 56.3 Å². The third-order valence-electron chi connectivity index (χ3n) is 14.1. The number of aliphatic hydroxyl groups is 1. The molecule has 14 nitrogen and oxygen atoms in total. The van der Waals surface area contributed by atoms with Crippen LogP contribution in [0.2, 0.25) is 0 Å². The number of aromatic nitrogens is 2. The predicted molar refractivity (Wildman–Crippen MR) is 284 cm³/mol. The first kappa shape index (κ1) is 51.3. The number of amides is 4. The number of carbonyl (C=O) groups is 5. The number of aliphatic hydroxyl groups excluding tert-OH is 1. The highest BCUT2D eigenvalue weighted by Crippen LogP contribution is 2.44. The summed E-state index contributed by atoms with van der Waals surface area (Å²) >= 11 is 3.32. The second kappa shape index (κ2) is 22.5. The van der Waals surface area contributed by atoms with Gasteiger partial charge in [0.05, 0.1) is 35.5 Å². The van der Waals surface area contributed by atoms with E-state index in [0.717, 1.165) is 73.2 Å². The maximum absolute atomic E-state index is 14.3. The van der Waals surface area contributed by atoms with Gasteiger partial charge in [-0.25, -0.2) is 4.98 Å². The number of hydrogen-bond acceptors (Lipinski definition) is 12. The smallest absolute Gasteiger partial charge is 0.260 e. The van der Waals surface area contributed by atoms with Crippen molar-refractivity contribution in [1.82, 2.24) is 25.5 Å². The lowest BCUT2D eigenvalue weighted by atomic mass is 9.88. The zero-order chi connectivity index (χ0) is 50.4. The molecule has 1 saturated carbocycles. The summed E-state index contributed by atoms with van der Waals surface area (Å²) in [5.74, 6) is 0.111. The molecule has 1 aliphatic carbocycles. The van der Waals surface area contributed by atoms with Crippen LogP contribution in [0.15, 0.2) is 90.4 Å². The molecule has 0 bridgehead atoms. The number of Topliss-reactive ketones (excluding diaryl/α,β-unsaturated/α-hetero) is 1. The van der Waals surface area contributed by atoms with Gasteiger partial charge in [0.15, 0.2) is 5.82 Å². The van der Waals surface area contributed by atoms with Crippen LogP contribution in [-0.4, -0.2) is 98.2 Å². The van der Waals surface area contributed by atoms with E-state index in [1.807, 2.05) is 69.3 Å². The van der Waals surface area contributed by atoms with Crippen LogP contribution in [0.1, 0.15) is 123 Å². The molecular formula is C55H66N8O6S2. The molecule has 3 aromatic carbocycles. The number of carbonyl (C=O) groups excluding carboxylic acids is 5. The van der Waals surface area contributed by atoms with E-state index in [0.29, 0.717) is 35.1 Å². The van der Waals surface area contributed by atoms with Crippen molar-refractivity contribution in [2.24, 2.45) is 5.92 Å². The molecule has 1 saturated heterocycles. The summed E-state index contributed by atoms with van der Waals surface area (Å²) < 4.78 is -0.632. The molecule has 0 spiro atoms. The van der Waals surface area contributed by atoms with Gasteiger partial charge >= 0.3 is 0 Å². The Balaban J connectivity index is 0.799. The van der Waals surface area contributed by atoms with Gasteiger partial charge in [0.1, 0.15) is 17.5 Å². The summed E-state index contributed by atoms with van der Waals surface area (Å²) in [4.78, 5) is 83.5. The second-order valence-electron chi connectivity index (χ2n) is 19.7. The number of thioether (sulfide) groups is 1. The Labute approximate surface area is 425 Å². The molecule has 71 heavy (non-hydrogen) atoms. The Morgan fingerprint density at radius 3 is 2.38 bits per heavy atom. The van der Waals surface area contributed by atoms with E-state index in [1.165, 1.54) is 22.3 Å². The Morgan fingerprint density at radius 1 is 0.944 bits per heavy atom. The van der Waals surface area contributed by atoms with Gasteiger partial charge < -0.3 is 40.6 Å². The molecule has 374 valence electrons. The number of aryl methyl sites for hydroxylation is 1. The molecule has 4 heterocycles. The normalized spacial score (nSPS) is 17.8. The van der Waals surface area contributed by atoms with Crippen molar-refractivity contribution in [1.29, 1.82) is 0 Å². The Morgan fingerprint density at radius 2 is 1.68 bits per heavy atom. The summed E-state index contributed by atoms with van der Waals surface area (Å²) in [5, 5.41) is 22.2. The number of nitrogens with zero attached hydrogens (tertiary/aromatic N) is 5. The molecule has 8 rings (SSSR count). The number of hydrogen-bond donors (Lipinski definition) is 4. The summed E-state index contributed by atoms with van der Waals surface area (Å²) in [7, 11) is 1.76. The summed E-state index contributed by atoms with van der Waals surface area (Å²) in [6, 6.07) is 24.1. The van der Waals surface area contributed by atoms with E-state index in [4.69, 9.17) is 4.98 Å². The van der Waals surface area contributed by atoms with Crippen LogP contribution >= 0.6 is 23.1 Å². The largest absolute Gasteiger partial charge is 0.391 e. The van der Waals surface area contributed by atoms with Crippen molar-refractivity contribution in [2.75, 3.05) is 41.0 Å². The molecule has 5 aromatic rings. The number of benzene rings is 3. The van der Waals surface area contributed by atoms with Gasteiger partial charge in [-0.05, 0) is 131 Å². The lowest BCUT2D eigenvalue weighted by Gasteiger charge is -2.37. The average molecular weight is 999 g/mol. The zero-order valence-corrected chi connectivity index (χ0v) is 43.2. The average Bonchev–Trinajstić information content (AvgIpc) is 4.14. The number of para-hydroxylation sites is 1. The van der Waals surface area contributed by atoms with Crippen molar-refractivity contribution in [3.8, 4) is 10.4 Å². The van der Waals surface area contributed by atoms with Crippen molar-refractivity contribution in [3.05, 3.63) is 113 Å². The fraction of sp³-hybridized carbons (Fsp3) is 0.436. The van der Waals surface area contributed by atoms with Gasteiger partial charge in [-0.3, -0.25) is 19.2 Å². The highest BCUT2D eigenvalue weighted by atomic mass is 32.2. The lowest BCUT2D eigenvalue weighted by molar-refractivity contribution is -0.143. The van der Waals surface area contributed by atoms with Crippen molar-refractivity contribution < 1.29 is 29.1 Å². The van der Waals surface area contributed by atoms with E-state index < -0.39 is 22.8 Å². The molecule has 16 heteroatoms. The fourth-order valence-electron chi connectivity index (χ4n) is 10.0. The number of likely N-dealkylation sites (tertiary alicyclic amines) is 1. The van der Waals surface area contributed by atoms with Gasteiger partial charge in [-0.1, -0.05) is 55.7 Å². The summed E-state index contributed by atoms with van der Waals surface area (Å²) in [5.41, 5.74) is 6.65. The monoisotopic (exact) mass is 998 g/mol. The van der Waals surface area contributed by atoms with Crippen molar-refractivity contribution in [3.63, 3.8) is 0 Å². The molecule has 3 aliphatic rings. The van der Waals surface area contributed by atoms with Crippen LogP contribution in [0, 0.1) is 12.8 Å². The van der Waals surface area contributed by atoms with Crippen molar-refractivity contribution in [2.45, 2.75) is 121 Å². The van der Waals surface area contributed by atoms with E-state index in [1.54, 1.807) is 53.4 Å². The molecular weight excluding hydrogens is 933 g/mol. The molecule has 4 amide bonds. The SMILES string of the molecule is CC(=O)C[C@H](C(=O)N1C[C@H](O)C[C@H]1C(=O)N[C@@H](C)c1ccc(-c2sccc2C)cc1)C(C)(C)SCCCCCNC(=O)c1ccc(Nc2ncc3c(n2)N(C2CCCC2)c2ccccc2C(=O)N3C)cc1. The zero-order valence-electron chi connectivity index (χ0n) is 41.6. The molecule has 0 radical (unpaired) electrons. The van der Waals surface area contributed by atoms with Crippen LogP contribution in [-0.2, 0) is 14.4 Å². The number of nitrogens with one attached hydrogen (secondary N) is 3. The number of rotatable bonds is 19. The molecule has 2 aromatic heterocycles. The van der Waals surface area contributed by atoms with E-state index in [-0.39, 0.29) is 60.9 Å². The minimum atomic E-state index is -0.850. The minimum absolute atomic E-state index is 0.0324. The maximum atomic E-state index is 14.3. The summed E-state index contributed by atoms with van der Waals surface area (Å²) in [6.45, 7) is 9.96. The van der Waals surface area contributed by atoms with E-state index in [9.17, 15) is 29.1 Å². The first-order valence-electron chi connectivity index (χ1n) is 24.8. The Hall–Kier alpha value is -6.10. The van der Waals surface area contributed by atoms with Crippen molar-refractivity contribution >= 4 is 81.3 Å². The number of thiophene rings is 1. The van der Waals surface area contributed by atoms with Crippen LogP contribution in [0.25, 0.3) is 10.4 Å². The third-order valence-corrected chi connectivity index (χ3v) is 16.7. The summed E-state index contributed by atoms with van der Waals surface area (Å²) in [6.07, 6.45) is 7.73. The lowest BCUT2D eigenvalue weighted by Crippen LogP contribution is -2.51. The van der Waals surface area contributed by atoms with Crippen LogP contribution in [0.3, 0.4) is 0 Å². The topological polar surface area (TPSA) is 177 Å². The van der Waals surface area contributed by atoms with Gasteiger partial charge in [0.25, 0.3) is 11.8 Å². The van der Waals surface area contributed by atoms with Crippen LogP contribution < -0.4 is 25.8 Å². The number of unbranched alkanes of at least 4 members (excludes halogenated alkanes) is 2. The number of fused-ring (bicyclic) bond motifs is 2. The minimum Gasteiger partial charge on any atom is -0.391 e. The quantitative estimate of drug-likeness (QED) is 0.0580. The maximum Gasteiger partial charge on any atom is 0.260 e. The number of anilines is 5. The highest BCUT2D eigenvalue weighted by Gasteiger charge is 2.46. The van der Waals surface area contributed by atoms with Crippen LogP contribution in [0.5, 0.6) is 0 Å². The van der Waals surface area contributed by atoms with Crippen LogP contribution in [0.4, 0.5) is 28.8 Å². The molecule has 2 aliphatic heterocycles. The fourth-order valence-corrected chi connectivity index (χ4v) is 12.2. The Bertz CT molecular complexity index is 2720. The first-order chi connectivity index (χ1) is 34.1. The van der Waals surface area contributed by atoms with Gasteiger partial charge in [-0.15, -0.1) is 11.3 Å². The number of ketones is 1. The Kier molecular flexibility index (Phi) is 16.3. The van der Waals surface area contributed by atoms with Gasteiger partial charge in [0.2, 0.25) is 17.8 Å². The first-order valence-corrected chi connectivity index (χ1v) is 26.7. The van der Waals surface area contributed by atoms with Gasteiger partial charge in [-0.2, -0.15) is 16.7 Å². The standard InChI is InChI=1S/C55H66N8O6S2/c1-34-26-29-70-48(34)38-20-18-37(19-21-38)36(3)58-51(67)46-31-42(65)33-62(46)53(69)44(30-35(2)64)55(4,5)71-28-13-7-12-27-56-50(66)39-22-24-40(25-23-39)59-54-57-32-47-49(60-54)63(41-14-8-9-15-41)45-17-11-10-16-43(45)52(68)61(47)6/h10-11,16-26,29,32,36,41-42,44,46,65H,7-9,12-15,27-28,30-31,33H2,1-6H3,(H,56,66)(H,58,67)(H,57,59,60)/t36-,42+,44+,46-/m0/s1. The second-order valence-corrected chi connectivity index (χ2v) is 22.4. The number of β-amino-alcohol motifs (C(OH)–C–C–N with tert-alkyl or cyclic N) is 1. The van der Waals surface area contributed by atoms with E-state index >= 15 is 0 Å². The molecule has 4 atom stereocenters. The highest BCUT2D eigenvalue weighted by molar-refractivity contribution is 8.00.